The molecule has 0 fully saturated rings. The van der Waals surface area contributed by atoms with E-state index in [1.165, 1.54) is 16.8 Å². The van der Waals surface area contributed by atoms with E-state index in [-0.39, 0.29) is 6.10 Å². The predicted molar refractivity (Wildman–Crippen MR) is 75.1 cm³/mol. The molecule has 1 aromatic carbocycles. The molecule has 0 bridgehead atoms. The fourth-order valence-corrected chi connectivity index (χ4v) is 3.03. The molecule has 3 nitrogen and oxygen atoms in total. The maximum atomic E-state index is 9.32. The van der Waals surface area contributed by atoms with Gasteiger partial charge in [-0.1, -0.05) is 19.4 Å². The highest BCUT2D eigenvalue weighted by molar-refractivity contribution is 5.92. The van der Waals surface area contributed by atoms with Crippen LogP contribution in [0.15, 0.2) is 12.1 Å². The molecule has 1 aliphatic rings. The minimum Gasteiger partial charge on any atom is -0.372 e. The van der Waals surface area contributed by atoms with Crippen LogP contribution in [0.25, 0.3) is 10.9 Å². The molecule has 1 aromatic heterocycles. The Morgan fingerprint density at radius 1 is 1.47 bits per heavy atom. The van der Waals surface area contributed by atoms with E-state index >= 15 is 0 Å². The summed E-state index contributed by atoms with van der Waals surface area (Å²) in [6, 6.07) is 6.26. The average Bonchev–Trinajstić information content (AvgIpc) is 2.82. The van der Waals surface area contributed by atoms with Crippen LogP contribution in [0.4, 0.5) is 0 Å². The van der Waals surface area contributed by atoms with E-state index in [1.54, 1.807) is 0 Å². The average molecular weight is 254 g/mol. The predicted octanol–water partition coefficient (Wildman–Crippen LogP) is 3.76. The molecule has 0 aliphatic carbocycles. The minimum atomic E-state index is 0.159. The Balaban J connectivity index is 2.27. The molecule has 3 rings (SSSR count). The van der Waals surface area contributed by atoms with Gasteiger partial charge in [-0.2, -0.15) is 5.26 Å². The van der Waals surface area contributed by atoms with Gasteiger partial charge in [-0.05, 0) is 37.0 Å². The Morgan fingerprint density at radius 3 is 3.05 bits per heavy atom. The van der Waals surface area contributed by atoms with Crippen LogP contribution in [-0.4, -0.2) is 11.6 Å². The summed E-state index contributed by atoms with van der Waals surface area (Å²) in [4.78, 5) is 3.52. The summed E-state index contributed by atoms with van der Waals surface area (Å²) >= 11 is 0. The molecule has 3 heteroatoms. The van der Waals surface area contributed by atoms with Crippen LogP contribution in [0.1, 0.15) is 48.3 Å². The van der Waals surface area contributed by atoms with Crippen molar-refractivity contribution >= 4 is 10.9 Å². The van der Waals surface area contributed by atoms with Crippen LogP contribution in [0.5, 0.6) is 0 Å². The lowest BCUT2D eigenvalue weighted by Crippen LogP contribution is -2.15. The van der Waals surface area contributed by atoms with Crippen LogP contribution in [-0.2, 0) is 11.2 Å². The summed E-state index contributed by atoms with van der Waals surface area (Å²) in [6.45, 7) is 5.01. The number of nitrogens with one attached hydrogen (secondary N) is 1. The van der Waals surface area contributed by atoms with Crippen LogP contribution in [0.2, 0.25) is 0 Å². The van der Waals surface area contributed by atoms with Gasteiger partial charge in [0.15, 0.2) is 0 Å². The van der Waals surface area contributed by atoms with Gasteiger partial charge in [0, 0.05) is 11.1 Å². The topological polar surface area (TPSA) is 48.8 Å². The van der Waals surface area contributed by atoms with Crippen molar-refractivity contribution in [3.05, 3.63) is 34.5 Å². The lowest BCUT2D eigenvalue weighted by Gasteiger charge is -2.23. The molecule has 1 aliphatic heterocycles. The molecule has 0 spiro atoms. The van der Waals surface area contributed by atoms with Crippen molar-refractivity contribution in [3.63, 3.8) is 0 Å². The van der Waals surface area contributed by atoms with Gasteiger partial charge in [-0.15, -0.1) is 0 Å². The fourth-order valence-electron chi connectivity index (χ4n) is 3.03. The van der Waals surface area contributed by atoms with Crippen molar-refractivity contribution in [1.82, 2.24) is 4.98 Å². The molecule has 1 atom stereocenters. The molecule has 0 unspecified atom stereocenters. The molecular formula is C16H18N2O. The first-order chi connectivity index (χ1) is 9.26. The van der Waals surface area contributed by atoms with Gasteiger partial charge in [0.25, 0.3) is 0 Å². The standard InChI is InChI=1S/C16H18N2O/c1-3-4-13-16-12(7-8-19-13)14-11(9-17)6-5-10(2)15(14)18-16/h5-6,13,18H,3-4,7-8H2,1-2H3/t13-/m0/s1. The summed E-state index contributed by atoms with van der Waals surface area (Å²) in [6.07, 6.45) is 3.19. The van der Waals surface area contributed by atoms with Gasteiger partial charge < -0.3 is 9.72 Å². The minimum absolute atomic E-state index is 0.159. The molecule has 0 saturated carbocycles. The van der Waals surface area contributed by atoms with Crippen molar-refractivity contribution in [3.8, 4) is 6.07 Å². The first-order valence-electron chi connectivity index (χ1n) is 6.92. The second-order valence-corrected chi connectivity index (χ2v) is 5.21. The third-order valence-electron chi connectivity index (χ3n) is 3.96. The Labute approximate surface area is 113 Å². The largest absolute Gasteiger partial charge is 0.372 e. The van der Waals surface area contributed by atoms with Crippen LogP contribution in [0, 0.1) is 18.3 Å². The zero-order chi connectivity index (χ0) is 13.4. The number of nitrogens with zero attached hydrogens (tertiary/aromatic N) is 1. The second kappa shape index (κ2) is 4.71. The van der Waals surface area contributed by atoms with Crippen molar-refractivity contribution in [2.75, 3.05) is 6.61 Å². The van der Waals surface area contributed by atoms with Gasteiger partial charge in [-0.3, -0.25) is 0 Å². The summed E-state index contributed by atoms with van der Waals surface area (Å²) in [7, 11) is 0. The first-order valence-corrected chi connectivity index (χ1v) is 6.92. The van der Waals surface area contributed by atoms with E-state index in [9.17, 15) is 5.26 Å². The third kappa shape index (κ3) is 1.84. The van der Waals surface area contributed by atoms with Gasteiger partial charge in [0.1, 0.15) is 0 Å². The number of rotatable bonds is 2. The quantitative estimate of drug-likeness (QED) is 0.887. The number of nitriles is 1. The van der Waals surface area contributed by atoms with E-state index < -0.39 is 0 Å². The van der Waals surface area contributed by atoms with E-state index in [4.69, 9.17) is 4.74 Å². The maximum absolute atomic E-state index is 9.32. The Hall–Kier alpha value is -1.79. The molecule has 19 heavy (non-hydrogen) atoms. The highest BCUT2D eigenvalue weighted by atomic mass is 16.5. The Kier molecular flexibility index (Phi) is 3.04. The molecular weight excluding hydrogens is 236 g/mol. The number of fused-ring (bicyclic) bond motifs is 3. The number of aromatic nitrogens is 1. The van der Waals surface area contributed by atoms with Gasteiger partial charge >= 0.3 is 0 Å². The zero-order valence-corrected chi connectivity index (χ0v) is 11.4. The number of H-pyrrole nitrogens is 1. The molecule has 98 valence electrons. The highest BCUT2D eigenvalue weighted by Gasteiger charge is 2.26. The number of hydrogen-bond donors (Lipinski definition) is 1. The second-order valence-electron chi connectivity index (χ2n) is 5.21. The lowest BCUT2D eigenvalue weighted by atomic mass is 9.97. The van der Waals surface area contributed by atoms with Crippen LogP contribution >= 0.6 is 0 Å². The summed E-state index contributed by atoms with van der Waals surface area (Å²) < 4.78 is 5.87. The van der Waals surface area contributed by atoms with Gasteiger partial charge in [-0.25, -0.2) is 0 Å². The zero-order valence-electron chi connectivity index (χ0n) is 11.4. The van der Waals surface area contributed by atoms with Gasteiger partial charge in [0.05, 0.1) is 29.9 Å². The van der Waals surface area contributed by atoms with Crippen LogP contribution < -0.4 is 0 Å². The van der Waals surface area contributed by atoms with E-state index in [0.29, 0.717) is 0 Å². The molecule has 0 saturated heterocycles. The maximum Gasteiger partial charge on any atom is 0.0998 e. The summed E-state index contributed by atoms with van der Waals surface area (Å²) in [5.41, 5.74) is 5.55. The Bertz CT molecular complexity index is 663. The van der Waals surface area contributed by atoms with E-state index in [1.807, 2.05) is 12.1 Å². The number of hydrogen-bond acceptors (Lipinski definition) is 2. The normalized spacial score (nSPS) is 18.3. The molecule has 0 amide bonds. The van der Waals surface area contributed by atoms with Crippen molar-refractivity contribution in [2.24, 2.45) is 0 Å². The SMILES string of the molecule is CCC[C@@H]1OCCc2c1[nH]c1c(C)ccc(C#N)c21. The molecule has 2 aromatic rings. The summed E-state index contributed by atoms with van der Waals surface area (Å²) in [5, 5.41) is 10.4. The van der Waals surface area contributed by atoms with E-state index in [2.05, 4.69) is 24.9 Å². The fraction of sp³-hybridized carbons (Fsp3) is 0.438. The highest BCUT2D eigenvalue weighted by Crippen LogP contribution is 2.37. The van der Waals surface area contributed by atoms with Crippen molar-refractivity contribution in [2.45, 2.75) is 39.2 Å². The Morgan fingerprint density at radius 2 is 2.32 bits per heavy atom. The molecule has 2 heterocycles. The summed E-state index contributed by atoms with van der Waals surface area (Å²) in [5.74, 6) is 0. The number of aryl methyl sites for hydroxylation is 1. The first kappa shape index (κ1) is 12.3. The molecule has 1 N–H and O–H groups in total. The van der Waals surface area contributed by atoms with Crippen molar-refractivity contribution < 1.29 is 4.74 Å². The monoisotopic (exact) mass is 254 g/mol. The van der Waals surface area contributed by atoms with Crippen LogP contribution in [0.3, 0.4) is 0 Å². The van der Waals surface area contributed by atoms with Crippen molar-refractivity contribution in [1.29, 1.82) is 5.26 Å². The van der Waals surface area contributed by atoms with E-state index in [0.717, 1.165) is 42.3 Å². The smallest absolute Gasteiger partial charge is 0.0998 e. The molecule has 0 radical (unpaired) electrons. The number of ether oxygens (including phenoxy) is 1. The number of aromatic amines is 1. The third-order valence-corrected chi connectivity index (χ3v) is 3.96. The number of benzene rings is 1. The van der Waals surface area contributed by atoms with Gasteiger partial charge in [0.2, 0.25) is 0 Å². The lowest BCUT2D eigenvalue weighted by molar-refractivity contribution is 0.0339.